The predicted octanol–water partition coefficient (Wildman–Crippen LogP) is 0.833. The molecule has 1 N–H and O–H groups in total. The first-order valence-corrected chi connectivity index (χ1v) is 4.45. The Labute approximate surface area is 78.9 Å². The maximum atomic E-state index is 10.6. The number of hydrogen-bond donors (Lipinski definition) is 1. The van der Waals surface area contributed by atoms with Crippen molar-refractivity contribution >= 4 is 5.97 Å². The van der Waals surface area contributed by atoms with Gasteiger partial charge in [-0.2, -0.15) is 5.26 Å². The lowest BCUT2D eigenvalue weighted by Crippen LogP contribution is -2.19. The monoisotopic (exact) mass is 184 g/mol. The number of unbranched alkanes of at least 4 members (excludes halogenated alkanes) is 2. The minimum atomic E-state index is -0.190. The van der Waals surface area contributed by atoms with Gasteiger partial charge in [0.05, 0.1) is 19.6 Å². The Balaban J connectivity index is 3.00. The topological polar surface area (TPSA) is 62.1 Å². The van der Waals surface area contributed by atoms with Crippen molar-refractivity contribution in [2.75, 3.05) is 20.2 Å². The number of carbonyl (C=O) groups is 1. The minimum Gasteiger partial charge on any atom is -0.469 e. The zero-order valence-electron chi connectivity index (χ0n) is 8.01. The van der Waals surface area contributed by atoms with Crippen molar-refractivity contribution in [2.45, 2.75) is 25.7 Å². The summed E-state index contributed by atoms with van der Waals surface area (Å²) < 4.78 is 4.47. The van der Waals surface area contributed by atoms with Gasteiger partial charge in [-0.25, -0.2) is 0 Å². The van der Waals surface area contributed by atoms with E-state index in [0.29, 0.717) is 19.4 Å². The summed E-state index contributed by atoms with van der Waals surface area (Å²) in [4.78, 5) is 10.6. The maximum absolute atomic E-state index is 10.6. The number of nitrogens with one attached hydrogen (secondary N) is 1. The molecule has 0 aliphatic heterocycles. The van der Waals surface area contributed by atoms with Crippen LogP contribution in [0.4, 0.5) is 0 Å². The van der Waals surface area contributed by atoms with Gasteiger partial charge in [0.1, 0.15) is 0 Å². The molecular weight excluding hydrogens is 168 g/mol. The average molecular weight is 184 g/mol. The van der Waals surface area contributed by atoms with Gasteiger partial charge in [-0.15, -0.1) is 0 Å². The third-order valence-electron chi connectivity index (χ3n) is 1.63. The highest BCUT2D eigenvalue weighted by molar-refractivity contribution is 5.69. The molecule has 0 aliphatic carbocycles. The van der Waals surface area contributed by atoms with Crippen molar-refractivity contribution in [3.63, 3.8) is 0 Å². The molecule has 0 amide bonds. The van der Waals surface area contributed by atoms with Crippen LogP contribution in [0.15, 0.2) is 0 Å². The molecule has 4 heteroatoms. The summed E-state index contributed by atoms with van der Waals surface area (Å²) in [6.07, 6.45) is 2.92. The molecule has 0 heterocycles. The van der Waals surface area contributed by atoms with Crippen LogP contribution in [0.1, 0.15) is 25.7 Å². The number of esters is 1. The van der Waals surface area contributed by atoms with E-state index in [9.17, 15) is 4.79 Å². The number of hydrogen-bond acceptors (Lipinski definition) is 4. The van der Waals surface area contributed by atoms with Crippen LogP contribution in [0.2, 0.25) is 0 Å². The van der Waals surface area contributed by atoms with Gasteiger partial charge in [0.15, 0.2) is 0 Å². The van der Waals surface area contributed by atoms with Crippen molar-refractivity contribution in [2.24, 2.45) is 0 Å². The van der Waals surface area contributed by atoms with Crippen LogP contribution in [0, 0.1) is 11.3 Å². The zero-order valence-corrected chi connectivity index (χ0v) is 8.01. The first-order valence-electron chi connectivity index (χ1n) is 4.45. The second-order valence-electron chi connectivity index (χ2n) is 2.69. The lowest BCUT2D eigenvalue weighted by atomic mass is 10.2. The molecule has 0 bridgehead atoms. The summed E-state index contributed by atoms with van der Waals surface area (Å²) in [5.74, 6) is -0.190. The second-order valence-corrected chi connectivity index (χ2v) is 2.69. The minimum absolute atomic E-state index is 0.190. The van der Waals surface area contributed by atoms with Crippen LogP contribution in [-0.2, 0) is 9.53 Å². The normalized spacial score (nSPS) is 9.23. The molecule has 0 aliphatic rings. The standard InChI is InChI=1S/C9H16N2O2/c1-13-9(12)5-8-11-7-4-2-3-6-10/h11H,2-5,7-8H2,1H3. The highest BCUT2D eigenvalue weighted by Gasteiger charge is 1.97. The van der Waals surface area contributed by atoms with E-state index in [0.717, 1.165) is 19.4 Å². The SMILES string of the molecule is COC(=O)CCNCCCCC#N. The van der Waals surface area contributed by atoms with E-state index < -0.39 is 0 Å². The molecule has 0 saturated carbocycles. The summed E-state index contributed by atoms with van der Waals surface area (Å²) >= 11 is 0. The van der Waals surface area contributed by atoms with Crippen LogP contribution >= 0.6 is 0 Å². The van der Waals surface area contributed by atoms with Crippen molar-refractivity contribution in [1.29, 1.82) is 5.26 Å². The molecule has 0 atom stereocenters. The van der Waals surface area contributed by atoms with Gasteiger partial charge < -0.3 is 10.1 Å². The van der Waals surface area contributed by atoms with Crippen LogP contribution in [0.25, 0.3) is 0 Å². The lowest BCUT2D eigenvalue weighted by molar-refractivity contribution is -0.140. The number of nitriles is 1. The van der Waals surface area contributed by atoms with Gasteiger partial charge in [-0.3, -0.25) is 4.79 Å². The van der Waals surface area contributed by atoms with Crippen molar-refractivity contribution < 1.29 is 9.53 Å². The summed E-state index contributed by atoms with van der Waals surface area (Å²) in [7, 11) is 1.38. The fourth-order valence-corrected chi connectivity index (χ4v) is 0.872. The quantitative estimate of drug-likeness (QED) is 0.470. The molecule has 0 saturated heterocycles. The van der Waals surface area contributed by atoms with Crippen LogP contribution in [-0.4, -0.2) is 26.2 Å². The van der Waals surface area contributed by atoms with E-state index in [1.165, 1.54) is 7.11 Å². The summed E-state index contributed by atoms with van der Waals surface area (Å²) in [6, 6.07) is 2.08. The Kier molecular flexibility index (Phi) is 8.26. The van der Waals surface area contributed by atoms with E-state index in [-0.39, 0.29) is 5.97 Å². The van der Waals surface area contributed by atoms with Gasteiger partial charge in [-0.05, 0) is 19.4 Å². The third kappa shape index (κ3) is 8.83. The largest absolute Gasteiger partial charge is 0.469 e. The van der Waals surface area contributed by atoms with Gasteiger partial charge >= 0.3 is 5.97 Å². The Bertz CT molecular complexity index is 175. The smallest absolute Gasteiger partial charge is 0.306 e. The third-order valence-corrected chi connectivity index (χ3v) is 1.63. The maximum Gasteiger partial charge on any atom is 0.306 e. The van der Waals surface area contributed by atoms with Gasteiger partial charge in [0, 0.05) is 13.0 Å². The molecule has 0 aromatic carbocycles. The fraction of sp³-hybridized carbons (Fsp3) is 0.778. The number of ether oxygens (including phenoxy) is 1. The molecule has 0 aromatic rings. The predicted molar refractivity (Wildman–Crippen MR) is 49.0 cm³/mol. The molecule has 0 spiro atoms. The molecule has 0 unspecified atom stereocenters. The van der Waals surface area contributed by atoms with Crippen molar-refractivity contribution in [3.05, 3.63) is 0 Å². The van der Waals surface area contributed by atoms with E-state index in [4.69, 9.17) is 5.26 Å². The molecular formula is C9H16N2O2. The molecule has 13 heavy (non-hydrogen) atoms. The van der Waals surface area contributed by atoms with Crippen LogP contribution in [0.3, 0.4) is 0 Å². The molecule has 0 radical (unpaired) electrons. The Hall–Kier alpha value is -1.08. The van der Waals surface area contributed by atoms with Crippen molar-refractivity contribution in [3.8, 4) is 6.07 Å². The number of nitrogens with zero attached hydrogens (tertiary/aromatic N) is 1. The number of rotatable bonds is 7. The summed E-state index contributed by atoms with van der Waals surface area (Å²) in [5.41, 5.74) is 0. The Morgan fingerprint density at radius 2 is 2.23 bits per heavy atom. The lowest BCUT2D eigenvalue weighted by Gasteiger charge is -2.01. The van der Waals surface area contributed by atoms with E-state index in [1.54, 1.807) is 0 Å². The first-order chi connectivity index (χ1) is 6.31. The Morgan fingerprint density at radius 3 is 2.85 bits per heavy atom. The van der Waals surface area contributed by atoms with E-state index >= 15 is 0 Å². The van der Waals surface area contributed by atoms with E-state index in [2.05, 4.69) is 16.1 Å². The highest BCUT2D eigenvalue weighted by Crippen LogP contribution is 1.91. The van der Waals surface area contributed by atoms with Crippen LogP contribution < -0.4 is 5.32 Å². The molecule has 74 valence electrons. The van der Waals surface area contributed by atoms with E-state index in [1.807, 2.05) is 0 Å². The fourth-order valence-electron chi connectivity index (χ4n) is 0.872. The number of carbonyl (C=O) groups excluding carboxylic acids is 1. The molecule has 0 rings (SSSR count). The first kappa shape index (κ1) is 11.9. The van der Waals surface area contributed by atoms with Crippen molar-refractivity contribution in [1.82, 2.24) is 5.32 Å². The molecule has 0 fully saturated rings. The zero-order chi connectivity index (χ0) is 9.94. The second kappa shape index (κ2) is 9.01. The van der Waals surface area contributed by atoms with Crippen LogP contribution in [0.5, 0.6) is 0 Å². The number of methoxy groups -OCH3 is 1. The Morgan fingerprint density at radius 1 is 1.46 bits per heavy atom. The molecule has 4 nitrogen and oxygen atoms in total. The average Bonchev–Trinajstić information content (AvgIpc) is 2.16. The van der Waals surface area contributed by atoms with Gasteiger partial charge in [0.25, 0.3) is 0 Å². The summed E-state index contributed by atoms with van der Waals surface area (Å²) in [5, 5.41) is 11.3. The van der Waals surface area contributed by atoms with Gasteiger partial charge in [-0.1, -0.05) is 0 Å². The van der Waals surface area contributed by atoms with Gasteiger partial charge in [0.2, 0.25) is 0 Å². The summed E-state index contributed by atoms with van der Waals surface area (Å²) in [6.45, 7) is 1.51. The highest BCUT2D eigenvalue weighted by atomic mass is 16.5. The molecule has 0 aromatic heterocycles.